The molecule has 0 radical (unpaired) electrons. The number of amides is 2. The fourth-order valence-corrected chi connectivity index (χ4v) is 2.91. The number of hydrogen-bond acceptors (Lipinski definition) is 3. The molecule has 3 rings (SSSR count). The smallest absolute Gasteiger partial charge is 0.267 e. The number of rotatable bonds is 5. The Kier molecular flexibility index (Phi) is 5.93. The van der Waals surface area contributed by atoms with Crippen LogP contribution in [0.1, 0.15) is 40.1 Å². The van der Waals surface area contributed by atoms with Crippen LogP contribution in [-0.4, -0.2) is 22.4 Å². The van der Waals surface area contributed by atoms with E-state index in [0.29, 0.717) is 16.9 Å². The summed E-state index contributed by atoms with van der Waals surface area (Å²) in [5.41, 5.74) is 2.48. The summed E-state index contributed by atoms with van der Waals surface area (Å²) in [5, 5.41) is 5.57. The summed E-state index contributed by atoms with van der Waals surface area (Å²) in [7, 11) is 0. The molecule has 29 heavy (non-hydrogen) atoms. The van der Waals surface area contributed by atoms with Crippen molar-refractivity contribution in [3.05, 3.63) is 93.9 Å². The van der Waals surface area contributed by atoms with Crippen molar-refractivity contribution in [3.63, 3.8) is 0 Å². The molecule has 0 aliphatic rings. The molecule has 1 heterocycles. The Morgan fingerprint density at radius 1 is 0.931 bits per heavy atom. The number of carbonyl (C=O) groups excluding carboxylic acids is 2. The van der Waals surface area contributed by atoms with Crippen LogP contribution in [0.3, 0.4) is 0 Å². The molecule has 6 nitrogen and oxygen atoms in total. The van der Waals surface area contributed by atoms with E-state index < -0.39 is 11.5 Å². The van der Waals surface area contributed by atoms with Crippen LogP contribution in [0.2, 0.25) is 0 Å². The Labute approximate surface area is 169 Å². The highest BCUT2D eigenvalue weighted by atomic mass is 16.2. The summed E-state index contributed by atoms with van der Waals surface area (Å²) in [4.78, 5) is 37.3. The number of aromatic nitrogens is 1. The summed E-state index contributed by atoms with van der Waals surface area (Å²) < 4.78 is 1.40. The van der Waals surface area contributed by atoms with Crippen LogP contribution in [0.15, 0.2) is 71.7 Å². The van der Waals surface area contributed by atoms with Crippen LogP contribution < -0.4 is 16.2 Å². The molecule has 0 aliphatic carbocycles. The minimum Gasteiger partial charge on any atom is -0.350 e. The predicted molar refractivity (Wildman–Crippen MR) is 114 cm³/mol. The zero-order valence-electron chi connectivity index (χ0n) is 16.6. The topological polar surface area (TPSA) is 80.2 Å². The van der Waals surface area contributed by atoms with Crippen molar-refractivity contribution in [2.45, 2.75) is 26.8 Å². The predicted octanol–water partition coefficient (Wildman–Crippen LogP) is 3.54. The van der Waals surface area contributed by atoms with Gasteiger partial charge in [-0.15, -0.1) is 0 Å². The zero-order chi connectivity index (χ0) is 21.0. The fourth-order valence-electron chi connectivity index (χ4n) is 2.91. The second-order valence-electron chi connectivity index (χ2n) is 7.10. The summed E-state index contributed by atoms with van der Waals surface area (Å²) in [5.74, 6) is -0.604. The molecular formula is C23H23N3O3. The standard InChI is InChI=1S/C23H23N3O3/c1-15(2)24-22(28)20-8-5-13-26(23(20)29)19-11-9-18(10-12-19)25-21(27)17-7-4-6-16(3)14-17/h4-15H,1-3H3,(H,24,28)(H,25,27). The number of nitrogens with zero attached hydrogens (tertiary/aromatic N) is 1. The number of carbonyl (C=O) groups is 2. The van der Waals surface area contributed by atoms with Crippen molar-refractivity contribution < 1.29 is 9.59 Å². The van der Waals surface area contributed by atoms with E-state index >= 15 is 0 Å². The molecule has 0 atom stereocenters. The van der Waals surface area contributed by atoms with Crippen molar-refractivity contribution in [2.24, 2.45) is 0 Å². The SMILES string of the molecule is Cc1cccc(C(=O)Nc2ccc(-n3cccc(C(=O)NC(C)C)c3=O)cc2)c1. The van der Waals surface area contributed by atoms with Crippen molar-refractivity contribution >= 4 is 17.5 Å². The monoisotopic (exact) mass is 389 g/mol. The number of pyridine rings is 1. The van der Waals surface area contributed by atoms with E-state index in [1.54, 1.807) is 42.6 Å². The fraction of sp³-hybridized carbons (Fsp3) is 0.174. The van der Waals surface area contributed by atoms with E-state index in [-0.39, 0.29) is 17.5 Å². The number of anilines is 1. The first-order valence-electron chi connectivity index (χ1n) is 9.36. The van der Waals surface area contributed by atoms with Gasteiger partial charge in [0.15, 0.2) is 0 Å². The minimum atomic E-state index is -0.401. The van der Waals surface area contributed by atoms with Gasteiger partial charge < -0.3 is 10.6 Å². The molecule has 0 spiro atoms. The molecule has 3 aromatic rings. The molecule has 0 saturated carbocycles. The van der Waals surface area contributed by atoms with E-state index in [0.717, 1.165) is 5.56 Å². The lowest BCUT2D eigenvalue weighted by Crippen LogP contribution is -2.35. The lowest BCUT2D eigenvalue weighted by atomic mass is 10.1. The van der Waals surface area contributed by atoms with Crippen molar-refractivity contribution in [1.82, 2.24) is 9.88 Å². The van der Waals surface area contributed by atoms with Crippen LogP contribution in [0.25, 0.3) is 5.69 Å². The minimum absolute atomic E-state index is 0.0631. The van der Waals surface area contributed by atoms with Gasteiger partial charge in [-0.25, -0.2) is 0 Å². The second kappa shape index (κ2) is 8.56. The molecule has 0 fully saturated rings. The lowest BCUT2D eigenvalue weighted by molar-refractivity contribution is 0.0940. The number of aryl methyl sites for hydroxylation is 1. The zero-order valence-corrected chi connectivity index (χ0v) is 16.6. The third-order valence-electron chi connectivity index (χ3n) is 4.30. The maximum absolute atomic E-state index is 12.7. The molecule has 0 bridgehead atoms. The van der Waals surface area contributed by atoms with Gasteiger partial charge in [0.2, 0.25) is 0 Å². The van der Waals surface area contributed by atoms with Gasteiger partial charge in [-0.2, -0.15) is 0 Å². The highest BCUT2D eigenvalue weighted by Gasteiger charge is 2.14. The first-order valence-corrected chi connectivity index (χ1v) is 9.36. The highest BCUT2D eigenvalue weighted by molar-refractivity contribution is 6.04. The Bertz CT molecular complexity index is 1100. The number of benzene rings is 2. The molecule has 1 aromatic heterocycles. The van der Waals surface area contributed by atoms with Crippen LogP contribution in [0.4, 0.5) is 5.69 Å². The maximum Gasteiger partial charge on any atom is 0.267 e. The summed E-state index contributed by atoms with van der Waals surface area (Å²) in [6, 6.07) is 17.3. The molecule has 0 aliphatic heterocycles. The van der Waals surface area contributed by atoms with Gasteiger partial charge in [-0.05, 0) is 69.3 Å². The second-order valence-corrected chi connectivity index (χ2v) is 7.10. The van der Waals surface area contributed by atoms with Crippen LogP contribution >= 0.6 is 0 Å². The Morgan fingerprint density at radius 2 is 1.66 bits per heavy atom. The van der Waals surface area contributed by atoms with Gasteiger partial charge in [-0.3, -0.25) is 19.0 Å². The van der Waals surface area contributed by atoms with E-state index in [4.69, 9.17) is 0 Å². The molecule has 148 valence electrons. The van der Waals surface area contributed by atoms with Crippen molar-refractivity contribution in [1.29, 1.82) is 0 Å². The van der Waals surface area contributed by atoms with Crippen molar-refractivity contribution in [2.75, 3.05) is 5.32 Å². The van der Waals surface area contributed by atoms with Crippen LogP contribution in [0.5, 0.6) is 0 Å². The molecule has 0 saturated heterocycles. The van der Waals surface area contributed by atoms with E-state index in [2.05, 4.69) is 10.6 Å². The summed E-state index contributed by atoms with van der Waals surface area (Å²) >= 11 is 0. The van der Waals surface area contributed by atoms with Gasteiger partial charge in [0.05, 0.1) is 0 Å². The van der Waals surface area contributed by atoms with E-state index in [9.17, 15) is 14.4 Å². The van der Waals surface area contributed by atoms with Crippen molar-refractivity contribution in [3.8, 4) is 5.69 Å². The van der Waals surface area contributed by atoms with E-state index in [1.165, 1.54) is 10.6 Å². The third kappa shape index (κ3) is 4.79. The molecule has 6 heteroatoms. The van der Waals surface area contributed by atoms with E-state index in [1.807, 2.05) is 39.0 Å². The Balaban J connectivity index is 1.81. The summed E-state index contributed by atoms with van der Waals surface area (Å²) in [6.45, 7) is 5.60. The molecule has 0 unspecified atom stereocenters. The number of hydrogen-bond donors (Lipinski definition) is 2. The molecule has 2 N–H and O–H groups in total. The highest BCUT2D eigenvalue weighted by Crippen LogP contribution is 2.14. The van der Waals surface area contributed by atoms with Crippen LogP contribution in [0, 0.1) is 6.92 Å². The first-order chi connectivity index (χ1) is 13.8. The molecular weight excluding hydrogens is 366 g/mol. The average Bonchev–Trinajstić information content (AvgIpc) is 2.68. The van der Waals surface area contributed by atoms with Gasteiger partial charge in [-0.1, -0.05) is 17.7 Å². The number of nitrogens with one attached hydrogen (secondary N) is 2. The normalized spacial score (nSPS) is 10.6. The van der Waals surface area contributed by atoms with Gasteiger partial charge >= 0.3 is 0 Å². The average molecular weight is 389 g/mol. The first kappa shape index (κ1) is 20.1. The Hall–Kier alpha value is -3.67. The van der Waals surface area contributed by atoms with Gasteiger partial charge in [0.25, 0.3) is 17.4 Å². The quantitative estimate of drug-likeness (QED) is 0.700. The largest absolute Gasteiger partial charge is 0.350 e. The third-order valence-corrected chi connectivity index (χ3v) is 4.30. The Morgan fingerprint density at radius 3 is 2.31 bits per heavy atom. The van der Waals surface area contributed by atoms with Gasteiger partial charge in [0.1, 0.15) is 5.56 Å². The summed E-state index contributed by atoms with van der Waals surface area (Å²) in [6.07, 6.45) is 1.61. The van der Waals surface area contributed by atoms with Crippen LogP contribution in [-0.2, 0) is 0 Å². The van der Waals surface area contributed by atoms with Gasteiger partial charge in [0, 0.05) is 29.2 Å². The lowest BCUT2D eigenvalue weighted by Gasteiger charge is -2.11. The molecule has 2 aromatic carbocycles. The maximum atomic E-state index is 12.7. The molecule has 2 amide bonds.